The highest BCUT2D eigenvalue weighted by Gasteiger charge is 2.25. The van der Waals surface area contributed by atoms with Crippen LogP contribution in [-0.4, -0.2) is 20.3 Å². The summed E-state index contributed by atoms with van der Waals surface area (Å²) < 4.78 is 7.67. The third kappa shape index (κ3) is 3.63. The van der Waals surface area contributed by atoms with E-state index in [1.165, 1.54) is 6.20 Å². The van der Waals surface area contributed by atoms with E-state index in [0.717, 1.165) is 22.0 Å². The van der Waals surface area contributed by atoms with Gasteiger partial charge in [0.1, 0.15) is 5.15 Å². The highest BCUT2D eigenvalue weighted by Crippen LogP contribution is 2.33. The molecule has 0 aliphatic heterocycles. The second-order valence-corrected chi connectivity index (χ2v) is 7.78. The molecule has 0 aliphatic rings. The molecule has 0 aliphatic carbocycles. The number of hydrogen-bond donors (Lipinski definition) is 0. The average Bonchev–Trinajstić information content (AvgIpc) is 3.40. The summed E-state index contributed by atoms with van der Waals surface area (Å²) in [4.78, 5) is 21.6. The van der Waals surface area contributed by atoms with Gasteiger partial charge < -0.3 is 8.98 Å². The number of pyridine rings is 1. The third-order valence-corrected chi connectivity index (χ3v) is 5.69. The van der Waals surface area contributed by atoms with Gasteiger partial charge in [-0.2, -0.15) is 0 Å². The van der Waals surface area contributed by atoms with E-state index >= 15 is 0 Å². The van der Waals surface area contributed by atoms with Gasteiger partial charge in [0.15, 0.2) is 5.76 Å². The lowest BCUT2D eigenvalue weighted by Gasteiger charge is -2.07. The molecule has 0 spiro atoms. The van der Waals surface area contributed by atoms with Gasteiger partial charge in [-0.05, 0) is 35.9 Å². The van der Waals surface area contributed by atoms with Crippen molar-refractivity contribution in [3.05, 3.63) is 106 Å². The predicted octanol–water partition coefficient (Wildman–Crippen LogP) is 6.28. The molecule has 7 heteroatoms. The van der Waals surface area contributed by atoms with Crippen molar-refractivity contribution >= 4 is 39.9 Å². The maximum Gasteiger partial charge on any atom is 0.233 e. The average molecular weight is 448 g/mol. The van der Waals surface area contributed by atoms with Crippen molar-refractivity contribution in [3.8, 4) is 11.5 Å². The van der Waals surface area contributed by atoms with Gasteiger partial charge in [-0.25, -0.2) is 4.98 Å². The Labute approximate surface area is 187 Å². The number of carbonyl (C=O) groups excluding carboxylic acids is 1. The van der Waals surface area contributed by atoms with Crippen LogP contribution in [0.5, 0.6) is 0 Å². The second kappa shape index (κ2) is 8.02. The minimum Gasteiger partial charge on any atom is -0.433 e. The van der Waals surface area contributed by atoms with Crippen LogP contribution in [0, 0.1) is 0 Å². The van der Waals surface area contributed by atoms with E-state index in [4.69, 9.17) is 27.6 Å². The van der Waals surface area contributed by atoms with Gasteiger partial charge in [0, 0.05) is 34.9 Å². The van der Waals surface area contributed by atoms with Crippen LogP contribution in [0.2, 0.25) is 10.2 Å². The van der Waals surface area contributed by atoms with Crippen LogP contribution in [0.15, 0.2) is 83.7 Å². The summed E-state index contributed by atoms with van der Waals surface area (Å²) in [7, 11) is 0. The summed E-state index contributed by atoms with van der Waals surface area (Å²) in [5.41, 5.74) is 3.01. The number of nitrogens with zero attached hydrogens (tertiary/aromatic N) is 3. The van der Waals surface area contributed by atoms with Crippen molar-refractivity contribution in [2.75, 3.05) is 0 Å². The molecule has 0 bridgehead atoms. The fourth-order valence-corrected chi connectivity index (χ4v) is 4.01. The van der Waals surface area contributed by atoms with Gasteiger partial charge in [-0.15, -0.1) is 0 Å². The van der Waals surface area contributed by atoms with Crippen LogP contribution in [0.3, 0.4) is 0 Å². The van der Waals surface area contributed by atoms with Crippen molar-refractivity contribution in [2.24, 2.45) is 0 Å². The quantitative estimate of drug-likeness (QED) is 0.297. The summed E-state index contributed by atoms with van der Waals surface area (Å²) in [5, 5.41) is 1.77. The van der Waals surface area contributed by atoms with Crippen LogP contribution in [-0.2, 0) is 6.54 Å². The first kappa shape index (κ1) is 19.5. The number of ketones is 1. The number of para-hydroxylation sites is 1. The van der Waals surface area contributed by atoms with E-state index in [-0.39, 0.29) is 11.5 Å². The van der Waals surface area contributed by atoms with Crippen molar-refractivity contribution in [3.63, 3.8) is 0 Å². The lowest BCUT2D eigenvalue weighted by atomic mass is 10.1. The molecule has 5 nitrogen and oxygen atoms in total. The van der Waals surface area contributed by atoms with E-state index in [9.17, 15) is 4.79 Å². The zero-order valence-corrected chi connectivity index (χ0v) is 17.6. The fraction of sp³-hybridized carbons (Fsp3) is 0.0417. The number of halogens is 2. The van der Waals surface area contributed by atoms with Crippen molar-refractivity contribution < 1.29 is 9.21 Å². The Morgan fingerprint density at radius 2 is 1.71 bits per heavy atom. The maximum atomic E-state index is 13.4. The number of oxazole rings is 1. The standard InChI is InChI=1S/C24H15Cl2N3O2/c25-17-7-5-15(6-8-17)14-29-19-4-2-1-3-18(19)21(23(29)26)22(30)20-13-28-24(31-20)16-9-11-27-12-10-16/h1-13H,14H2. The lowest BCUT2D eigenvalue weighted by Crippen LogP contribution is -2.03. The van der Waals surface area contributed by atoms with Gasteiger partial charge in [-0.3, -0.25) is 9.78 Å². The number of hydrogen-bond acceptors (Lipinski definition) is 4. The summed E-state index contributed by atoms with van der Waals surface area (Å²) >= 11 is 12.8. The van der Waals surface area contributed by atoms with Gasteiger partial charge in [0.05, 0.1) is 17.3 Å². The van der Waals surface area contributed by atoms with E-state index in [1.54, 1.807) is 24.5 Å². The molecule has 152 valence electrons. The number of fused-ring (bicyclic) bond motifs is 1. The largest absolute Gasteiger partial charge is 0.433 e. The van der Waals surface area contributed by atoms with Crippen LogP contribution in [0.1, 0.15) is 21.7 Å². The van der Waals surface area contributed by atoms with Gasteiger partial charge in [-0.1, -0.05) is 53.5 Å². The van der Waals surface area contributed by atoms with Gasteiger partial charge >= 0.3 is 0 Å². The number of benzene rings is 2. The third-order valence-electron chi connectivity index (χ3n) is 5.05. The molecule has 5 rings (SSSR count). The SMILES string of the molecule is O=C(c1cnc(-c2ccncc2)o1)c1c(Cl)n(Cc2ccc(Cl)cc2)c2ccccc12. The Morgan fingerprint density at radius 3 is 2.48 bits per heavy atom. The monoisotopic (exact) mass is 447 g/mol. The Bertz CT molecular complexity index is 1390. The van der Waals surface area contributed by atoms with Crippen LogP contribution >= 0.6 is 23.2 Å². The van der Waals surface area contributed by atoms with Crippen molar-refractivity contribution in [1.82, 2.24) is 14.5 Å². The Morgan fingerprint density at radius 1 is 0.968 bits per heavy atom. The van der Waals surface area contributed by atoms with Crippen LogP contribution in [0.4, 0.5) is 0 Å². The van der Waals surface area contributed by atoms with Crippen LogP contribution in [0.25, 0.3) is 22.4 Å². The molecule has 3 heterocycles. The van der Waals surface area contributed by atoms with Crippen molar-refractivity contribution in [1.29, 1.82) is 0 Å². The summed E-state index contributed by atoms with van der Waals surface area (Å²) in [6.07, 6.45) is 4.71. The molecular weight excluding hydrogens is 433 g/mol. The van der Waals surface area contributed by atoms with E-state index in [0.29, 0.717) is 28.2 Å². The highest BCUT2D eigenvalue weighted by atomic mass is 35.5. The first-order chi connectivity index (χ1) is 15.1. The molecule has 5 aromatic rings. The van der Waals surface area contributed by atoms with E-state index < -0.39 is 0 Å². The molecule has 0 radical (unpaired) electrons. The smallest absolute Gasteiger partial charge is 0.233 e. The molecule has 0 N–H and O–H groups in total. The Hall–Kier alpha value is -3.41. The molecule has 31 heavy (non-hydrogen) atoms. The van der Waals surface area contributed by atoms with E-state index in [2.05, 4.69) is 9.97 Å². The maximum absolute atomic E-state index is 13.4. The van der Waals surface area contributed by atoms with Crippen LogP contribution < -0.4 is 0 Å². The molecule has 2 aromatic carbocycles. The molecule has 0 amide bonds. The van der Waals surface area contributed by atoms with Crippen molar-refractivity contribution in [2.45, 2.75) is 6.54 Å². The molecular formula is C24H15Cl2N3O2. The number of rotatable bonds is 5. The number of carbonyl (C=O) groups is 1. The predicted molar refractivity (Wildman–Crippen MR) is 121 cm³/mol. The number of aromatic nitrogens is 3. The first-order valence-electron chi connectivity index (χ1n) is 9.54. The molecule has 0 atom stereocenters. The summed E-state index contributed by atoms with van der Waals surface area (Å²) in [5.74, 6) is 0.166. The minimum atomic E-state index is -0.316. The second-order valence-electron chi connectivity index (χ2n) is 6.99. The topological polar surface area (TPSA) is 60.9 Å². The first-order valence-corrected chi connectivity index (χ1v) is 10.3. The minimum absolute atomic E-state index is 0.128. The summed E-state index contributed by atoms with van der Waals surface area (Å²) in [6, 6.07) is 18.7. The molecule has 0 unspecified atom stereocenters. The highest BCUT2D eigenvalue weighted by molar-refractivity contribution is 6.37. The molecule has 0 saturated heterocycles. The fourth-order valence-electron chi connectivity index (χ4n) is 3.55. The molecule has 0 fully saturated rings. The summed E-state index contributed by atoms with van der Waals surface area (Å²) in [6.45, 7) is 0.502. The van der Waals surface area contributed by atoms with Gasteiger partial charge in [0.2, 0.25) is 11.7 Å². The zero-order chi connectivity index (χ0) is 21.4. The normalized spacial score (nSPS) is 11.2. The lowest BCUT2D eigenvalue weighted by molar-refractivity contribution is 0.101. The Balaban J connectivity index is 1.57. The van der Waals surface area contributed by atoms with E-state index in [1.807, 2.05) is 53.1 Å². The zero-order valence-electron chi connectivity index (χ0n) is 16.1. The molecule has 3 aromatic heterocycles. The molecule has 0 saturated carbocycles. The van der Waals surface area contributed by atoms with Gasteiger partial charge in [0.25, 0.3) is 0 Å². The Kier molecular flexibility index (Phi) is 5.06.